The zero-order valence-corrected chi connectivity index (χ0v) is 17.8. The van der Waals surface area contributed by atoms with Crippen molar-refractivity contribution >= 4 is 34.4 Å². The van der Waals surface area contributed by atoms with E-state index in [1.807, 2.05) is 20.8 Å². The predicted molar refractivity (Wildman–Crippen MR) is 110 cm³/mol. The molecule has 1 aromatic carbocycles. The molecule has 0 aliphatic carbocycles. The number of nitrogens with zero attached hydrogens (tertiary/aromatic N) is 2. The SMILES string of the molecule is CC(C)(C)OC(=O)N1CCc2nc(NC(=O)CNC(=O)c3ccccc3F)sc2C1. The molecular formula is C20H23FN4O4S. The second-order valence-electron chi connectivity index (χ2n) is 7.75. The third kappa shape index (κ3) is 5.53. The maximum Gasteiger partial charge on any atom is 0.410 e. The standard InChI is InChI=1S/C20H23FN4O4S/c1-20(2,3)29-19(28)25-9-8-14-15(11-25)30-18(23-14)24-16(26)10-22-17(27)12-6-4-5-7-13(12)21/h4-7H,8-11H2,1-3H3,(H,22,27)(H,23,24,26). The Kier molecular flexibility index (Phi) is 6.35. The lowest BCUT2D eigenvalue weighted by Gasteiger charge is -2.29. The first kappa shape index (κ1) is 21.7. The smallest absolute Gasteiger partial charge is 0.410 e. The van der Waals surface area contributed by atoms with E-state index in [1.165, 1.54) is 29.5 Å². The van der Waals surface area contributed by atoms with Crippen molar-refractivity contribution in [2.45, 2.75) is 39.3 Å². The summed E-state index contributed by atoms with van der Waals surface area (Å²) in [5, 5.41) is 5.40. The highest BCUT2D eigenvalue weighted by Crippen LogP contribution is 2.29. The largest absolute Gasteiger partial charge is 0.444 e. The molecule has 0 saturated heterocycles. The minimum Gasteiger partial charge on any atom is -0.444 e. The molecule has 3 rings (SSSR count). The van der Waals surface area contributed by atoms with Crippen LogP contribution in [0.3, 0.4) is 0 Å². The predicted octanol–water partition coefficient (Wildman–Crippen LogP) is 2.94. The molecule has 3 amide bonds. The number of anilines is 1. The van der Waals surface area contributed by atoms with Gasteiger partial charge in [0.1, 0.15) is 11.4 Å². The molecule has 0 bridgehead atoms. The number of benzene rings is 1. The van der Waals surface area contributed by atoms with Gasteiger partial charge in [-0.2, -0.15) is 0 Å². The quantitative estimate of drug-likeness (QED) is 0.771. The first-order chi connectivity index (χ1) is 14.1. The Hall–Kier alpha value is -3.01. The molecule has 2 aromatic rings. The van der Waals surface area contributed by atoms with E-state index in [1.54, 1.807) is 11.0 Å². The van der Waals surface area contributed by atoms with Gasteiger partial charge in [0.15, 0.2) is 5.13 Å². The lowest BCUT2D eigenvalue weighted by molar-refractivity contribution is -0.115. The van der Waals surface area contributed by atoms with Crippen molar-refractivity contribution in [3.05, 3.63) is 46.2 Å². The number of hydrogen-bond acceptors (Lipinski definition) is 6. The Labute approximate surface area is 177 Å². The Balaban J connectivity index is 1.54. The van der Waals surface area contributed by atoms with Crippen LogP contribution in [0.5, 0.6) is 0 Å². The topological polar surface area (TPSA) is 101 Å². The van der Waals surface area contributed by atoms with Gasteiger partial charge in [-0.3, -0.25) is 9.59 Å². The van der Waals surface area contributed by atoms with E-state index in [-0.39, 0.29) is 18.2 Å². The van der Waals surface area contributed by atoms with Crippen LogP contribution in [0.15, 0.2) is 24.3 Å². The van der Waals surface area contributed by atoms with E-state index in [0.29, 0.717) is 24.6 Å². The van der Waals surface area contributed by atoms with E-state index >= 15 is 0 Å². The van der Waals surface area contributed by atoms with Crippen molar-refractivity contribution < 1.29 is 23.5 Å². The van der Waals surface area contributed by atoms with E-state index in [0.717, 1.165) is 10.6 Å². The highest BCUT2D eigenvalue weighted by atomic mass is 32.1. The van der Waals surface area contributed by atoms with Crippen LogP contribution in [-0.4, -0.2) is 46.5 Å². The summed E-state index contributed by atoms with van der Waals surface area (Å²) in [6.45, 7) is 5.96. The van der Waals surface area contributed by atoms with E-state index < -0.39 is 23.2 Å². The van der Waals surface area contributed by atoms with Gasteiger partial charge in [-0.05, 0) is 32.9 Å². The van der Waals surface area contributed by atoms with Crippen molar-refractivity contribution in [1.82, 2.24) is 15.2 Å². The average Bonchev–Trinajstić information content (AvgIpc) is 3.06. The third-order valence-corrected chi connectivity index (χ3v) is 5.16. The fourth-order valence-electron chi connectivity index (χ4n) is 2.80. The van der Waals surface area contributed by atoms with Gasteiger partial charge in [-0.1, -0.05) is 23.5 Å². The molecule has 0 spiro atoms. The summed E-state index contributed by atoms with van der Waals surface area (Å²) >= 11 is 1.27. The summed E-state index contributed by atoms with van der Waals surface area (Å²) in [4.78, 5) is 43.2. The number of rotatable bonds is 4. The van der Waals surface area contributed by atoms with Crippen molar-refractivity contribution in [3.8, 4) is 0 Å². The number of hydrogen-bond donors (Lipinski definition) is 2. The number of ether oxygens (including phenoxy) is 1. The van der Waals surface area contributed by atoms with Crippen LogP contribution < -0.4 is 10.6 Å². The van der Waals surface area contributed by atoms with Crippen LogP contribution in [-0.2, 0) is 22.5 Å². The molecule has 8 nitrogen and oxygen atoms in total. The lowest BCUT2D eigenvalue weighted by Crippen LogP contribution is -2.39. The molecule has 160 valence electrons. The van der Waals surface area contributed by atoms with Gasteiger partial charge >= 0.3 is 6.09 Å². The van der Waals surface area contributed by atoms with Gasteiger partial charge in [0, 0.05) is 17.8 Å². The maximum atomic E-state index is 13.6. The number of amides is 3. The lowest BCUT2D eigenvalue weighted by atomic mass is 10.2. The van der Waals surface area contributed by atoms with Crippen LogP contribution in [0, 0.1) is 5.82 Å². The summed E-state index contributed by atoms with van der Waals surface area (Å²) in [6, 6.07) is 5.54. The molecule has 1 aliphatic heterocycles. The minimum atomic E-state index is -0.672. The number of carbonyl (C=O) groups is 3. The van der Waals surface area contributed by atoms with Gasteiger partial charge < -0.3 is 20.3 Å². The molecule has 2 heterocycles. The van der Waals surface area contributed by atoms with Crippen molar-refractivity contribution in [3.63, 3.8) is 0 Å². The molecule has 1 aliphatic rings. The Morgan fingerprint density at radius 1 is 1.27 bits per heavy atom. The van der Waals surface area contributed by atoms with Gasteiger partial charge in [-0.25, -0.2) is 14.2 Å². The molecule has 0 saturated carbocycles. The van der Waals surface area contributed by atoms with Crippen molar-refractivity contribution in [1.29, 1.82) is 0 Å². The fourth-order valence-corrected chi connectivity index (χ4v) is 3.84. The maximum absolute atomic E-state index is 13.6. The number of fused-ring (bicyclic) bond motifs is 1. The van der Waals surface area contributed by atoms with E-state index in [4.69, 9.17) is 4.74 Å². The first-order valence-corrected chi connectivity index (χ1v) is 10.2. The minimum absolute atomic E-state index is 0.128. The second-order valence-corrected chi connectivity index (χ2v) is 8.84. The number of thiazole rings is 1. The molecule has 0 unspecified atom stereocenters. The number of halogens is 1. The zero-order chi connectivity index (χ0) is 21.9. The van der Waals surface area contributed by atoms with Crippen LogP contribution in [0.4, 0.5) is 14.3 Å². The molecule has 2 N–H and O–H groups in total. The van der Waals surface area contributed by atoms with Gasteiger partial charge in [0.2, 0.25) is 5.91 Å². The Bertz CT molecular complexity index is 970. The average molecular weight is 434 g/mol. The molecule has 30 heavy (non-hydrogen) atoms. The van der Waals surface area contributed by atoms with Crippen molar-refractivity contribution in [2.75, 3.05) is 18.4 Å². The molecule has 0 radical (unpaired) electrons. The van der Waals surface area contributed by atoms with Crippen molar-refractivity contribution in [2.24, 2.45) is 0 Å². The summed E-state index contributed by atoms with van der Waals surface area (Å²) in [5.41, 5.74) is 0.125. The number of nitrogens with one attached hydrogen (secondary N) is 2. The normalized spacial score (nSPS) is 13.4. The number of aromatic nitrogens is 1. The number of carbonyl (C=O) groups excluding carboxylic acids is 3. The van der Waals surface area contributed by atoms with Gasteiger partial charge in [0.05, 0.1) is 24.3 Å². The third-order valence-electron chi connectivity index (χ3n) is 4.16. The fraction of sp³-hybridized carbons (Fsp3) is 0.400. The highest BCUT2D eigenvalue weighted by molar-refractivity contribution is 7.15. The van der Waals surface area contributed by atoms with E-state index in [2.05, 4.69) is 15.6 Å². The van der Waals surface area contributed by atoms with Crippen LogP contribution >= 0.6 is 11.3 Å². The Morgan fingerprint density at radius 3 is 2.70 bits per heavy atom. The van der Waals surface area contributed by atoms with Gasteiger partial charge in [0.25, 0.3) is 5.91 Å². The molecule has 0 atom stereocenters. The van der Waals surface area contributed by atoms with E-state index in [9.17, 15) is 18.8 Å². The summed E-state index contributed by atoms with van der Waals surface area (Å²) < 4.78 is 19.0. The van der Waals surface area contributed by atoms with Crippen LogP contribution in [0.2, 0.25) is 0 Å². The summed E-state index contributed by atoms with van der Waals surface area (Å²) in [5.74, 6) is -1.80. The molecule has 0 fully saturated rings. The first-order valence-electron chi connectivity index (χ1n) is 9.41. The monoisotopic (exact) mass is 434 g/mol. The summed E-state index contributed by atoms with van der Waals surface area (Å²) in [7, 11) is 0. The molecular weight excluding hydrogens is 411 g/mol. The Morgan fingerprint density at radius 2 is 2.00 bits per heavy atom. The second kappa shape index (κ2) is 8.78. The van der Waals surface area contributed by atoms with Crippen LogP contribution in [0.25, 0.3) is 0 Å². The van der Waals surface area contributed by atoms with Gasteiger partial charge in [-0.15, -0.1) is 0 Å². The highest BCUT2D eigenvalue weighted by Gasteiger charge is 2.28. The zero-order valence-electron chi connectivity index (χ0n) is 17.0. The van der Waals surface area contributed by atoms with Crippen LogP contribution in [0.1, 0.15) is 41.7 Å². The molecule has 10 heteroatoms. The summed E-state index contributed by atoms with van der Waals surface area (Å²) in [6.07, 6.45) is 0.174. The molecule has 1 aromatic heterocycles.